The summed E-state index contributed by atoms with van der Waals surface area (Å²) in [5.41, 5.74) is 27.7. The molecule has 5 heteroatoms. The first kappa shape index (κ1) is 50.8. The van der Waals surface area contributed by atoms with Crippen LogP contribution < -0.4 is 0 Å². The summed E-state index contributed by atoms with van der Waals surface area (Å²) in [5, 5.41) is 7.17. The lowest BCUT2D eigenvalue weighted by molar-refractivity contribution is 1.05. The molecule has 0 N–H and O–H groups in total. The van der Waals surface area contributed by atoms with E-state index in [0.29, 0.717) is 0 Å². The van der Waals surface area contributed by atoms with Gasteiger partial charge >= 0.3 is 0 Å². The Morgan fingerprint density at radius 3 is 0.779 bits per heavy atom. The number of pyridine rings is 2. The van der Waals surface area contributed by atoms with Crippen LogP contribution in [0.1, 0.15) is 27.8 Å². The zero-order chi connectivity index (χ0) is 57.7. The quantitative estimate of drug-likeness (QED) is 0.145. The van der Waals surface area contributed by atoms with Gasteiger partial charge in [-0.1, -0.05) is 198 Å². The lowest BCUT2D eigenvalue weighted by atomic mass is 9.90. The van der Waals surface area contributed by atoms with E-state index in [-0.39, 0.29) is 0 Å². The number of fused-ring (bicyclic) bond motifs is 9. The van der Waals surface area contributed by atoms with E-state index in [2.05, 4.69) is 315 Å². The summed E-state index contributed by atoms with van der Waals surface area (Å²) in [4.78, 5) is 11.1. The van der Waals surface area contributed by atoms with Gasteiger partial charge in [0.15, 0.2) is 0 Å². The third kappa shape index (κ3) is 8.37. The minimum absolute atomic E-state index is 0.885. The monoisotopic (exact) mass is 1100 g/mol. The van der Waals surface area contributed by atoms with Crippen molar-refractivity contribution in [3.8, 4) is 84.3 Å². The van der Waals surface area contributed by atoms with Crippen LogP contribution in [0.25, 0.3) is 150 Å². The Labute approximate surface area is 500 Å². The summed E-state index contributed by atoms with van der Waals surface area (Å²) < 4.78 is 7.80. The lowest BCUT2D eigenvalue weighted by Crippen LogP contribution is -2.13. The maximum Gasteiger partial charge on any atom is 0.0959 e. The topological polar surface area (TPSA) is 40.6 Å². The highest BCUT2D eigenvalue weighted by Crippen LogP contribution is 2.51. The molecule has 0 saturated heterocycles. The fourth-order valence-corrected chi connectivity index (χ4v) is 13.5. The van der Waals surface area contributed by atoms with Crippen molar-refractivity contribution in [1.82, 2.24) is 23.7 Å². The second-order valence-electron chi connectivity index (χ2n) is 23.4. The van der Waals surface area contributed by atoms with E-state index in [1.54, 1.807) is 0 Å². The maximum absolute atomic E-state index is 5.56. The van der Waals surface area contributed by atoms with E-state index in [0.717, 1.165) is 117 Å². The van der Waals surface area contributed by atoms with Gasteiger partial charge in [0, 0.05) is 65.7 Å². The Morgan fingerprint density at radius 1 is 0.209 bits per heavy atom. The molecule has 0 fully saturated rings. The Bertz CT molecular complexity index is 4870. The van der Waals surface area contributed by atoms with Crippen LogP contribution in [0, 0.1) is 34.6 Å². The zero-order valence-corrected chi connectivity index (χ0v) is 48.6. The molecule has 0 radical (unpaired) electrons. The van der Waals surface area contributed by atoms with E-state index in [1.165, 1.54) is 60.1 Å². The molecule has 5 heterocycles. The number of benzene rings is 11. The number of para-hydroxylation sites is 1. The molecule has 16 aromatic rings. The van der Waals surface area contributed by atoms with Crippen LogP contribution in [0.15, 0.2) is 267 Å². The minimum atomic E-state index is 0.885. The molecule has 0 saturated carbocycles. The largest absolute Gasteiger partial charge is 0.306 e. The van der Waals surface area contributed by atoms with E-state index in [9.17, 15) is 0 Å². The number of aromatic nitrogens is 5. The summed E-state index contributed by atoms with van der Waals surface area (Å²) in [7, 11) is 0. The molecule has 0 aliphatic carbocycles. The highest BCUT2D eigenvalue weighted by molar-refractivity contribution is 6.16. The van der Waals surface area contributed by atoms with Crippen LogP contribution in [-0.2, 0) is 0 Å². The predicted molar refractivity (Wildman–Crippen MR) is 361 cm³/mol. The molecular formula is C81H59N5. The second-order valence-corrected chi connectivity index (χ2v) is 23.4. The number of hydrogen-bond donors (Lipinski definition) is 0. The molecule has 0 atom stereocenters. The number of nitrogens with zero attached hydrogens (tertiary/aromatic N) is 5. The standard InChI is InChI=1S/C81H59N5/c1-50-30-35-74-64(40-50)61-28-18-19-29-73(61)86(74)81-79(84-75-36-31-51(2)41-65(75)66-42-52(3)32-37-76(66)84)62(59-45-69(55-20-10-6-11-21-55)82-70(46-59)56-22-12-7-13-23-56)49-63(80(81)85-77-38-33-53(4)43-67(77)68-44-54(5)34-39-78(68)85)60-47-71(57-24-14-8-15-25-57)83-72(48-60)58-26-16-9-17-27-58/h6-49H,1-5H3. The third-order valence-electron chi connectivity index (χ3n) is 17.4. The van der Waals surface area contributed by atoms with E-state index >= 15 is 0 Å². The summed E-state index contributed by atoms with van der Waals surface area (Å²) in [6.45, 7) is 11.1. The van der Waals surface area contributed by atoms with Crippen molar-refractivity contribution in [2.75, 3.05) is 0 Å². The first-order valence-electron chi connectivity index (χ1n) is 29.7. The highest BCUT2D eigenvalue weighted by atomic mass is 15.1. The van der Waals surface area contributed by atoms with E-state index < -0.39 is 0 Å². The molecule has 86 heavy (non-hydrogen) atoms. The Morgan fingerprint density at radius 2 is 0.465 bits per heavy atom. The number of hydrogen-bond acceptors (Lipinski definition) is 2. The maximum atomic E-state index is 5.56. The van der Waals surface area contributed by atoms with Gasteiger partial charge < -0.3 is 13.7 Å². The average Bonchev–Trinajstić information content (AvgIpc) is 1.49. The van der Waals surface area contributed by atoms with Crippen LogP contribution in [0.4, 0.5) is 0 Å². The SMILES string of the molecule is Cc1ccc2c(c1)c1cc(C)ccc1n2-c1c(-c2cc(-c3ccccc3)nc(-c3ccccc3)c2)cc(-c2cc(-c3ccccc3)nc(-c3ccccc3)c2)c(-n2c3ccc(C)cc3c3cc(C)ccc32)c1-n1c2ccccc2c2cc(C)ccc21. The summed E-state index contributed by atoms with van der Waals surface area (Å²) >= 11 is 0. The van der Waals surface area contributed by atoms with Gasteiger partial charge in [0.1, 0.15) is 0 Å². The zero-order valence-electron chi connectivity index (χ0n) is 48.6. The summed E-state index contributed by atoms with van der Waals surface area (Å²) in [6, 6.07) is 98.5. The van der Waals surface area contributed by atoms with Crippen molar-refractivity contribution in [2.24, 2.45) is 0 Å². The van der Waals surface area contributed by atoms with Crippen LogP contribution in [-0.4, -0.2) is 23.7 Å². The average molecular weight is 1100 g/mol. The van der Waals surface area contributed by atoms with Gasteiger partial charge in [0.05, 0.1) is 72.9 Å². The smallest absolute Gasteiger partial charge is 0.0959 e. The second kappa shape index (κ2) is 20.2. The van der Waals surface area contributed by atoms with Gasteiger partial charge in [0.2, 0.25) is 0 Å². The number of rotatable bonds is 9. The van der Waals surface area contributed by atoms with Gasteiger partial charge in [0.25, 0.3) is 0 Å². The molecular weight excluding hydrogens is 1040 g/mol. The van der Waals surface area contributed by atoms with E-state index in [4.69, 9.17) is 9.97 Å². The Balaban J connectivity index is 1.22. The molecule has 0 aliphatic rings. The third-order valence-corrected chi connectivity index (χ3v) is 17.4. The summed E-state index contributed by atoms with van der Waals surface area (Å²) in [5.74, 6) is 0. The number of aryl methyl sites for hydroxylation is 5. The molecule has 0 spiro atoms. The molecule has 11 aromatic carbocycles. The van der Waals surface area contributed by atoms with Crippen LogP contribution in [0.5, 0.6) is 0 Å². The molecule has 5 nitrogen and oxygen atoms in total. The minimum Gasteiger partial charge on any atom is -0.306 e. The molecule has 0 unspecified atom stereocenters. The first-order valence-corrected chi connectivity index (χ1v) is 29.7. The van der Waals surface area contributed by atoms with Crippen molar-refractivity contribution in [1.29, 1.82) is 0 Å². The fraction of sp³-hybridized carbons (Fsp3) is 0.0617. The first-order chi connectivity index (χ1) is 42.2. The fourth-order valence-electron chi connectivity index (χ4n) is 13.5. The van der Waals surface area contributed by atoms with Crippen LogP contribution >= 0.6 is 0 Å². The van der Waals surface area contributed by atoms with Gasteiger partial charge in [-0.3, -0.25) is 0 Å². The van der Waals surface area contributed by atoms with E-state index in [1.807, 2.05) is 0 Å². The molecule has 16 rings (SSSR count). The van der Waals surface area contributed by atoms with Gasteiger partial charge in [-0.25, -0.2) is 9.97 Å². The summed E-state index contributed by atoms with van der Waals surface area (Å²) in [6.07, 6.45) is 0. The molecule has 0 bridgehead atoms. The van der Waals surface area contributed by atoms with Crippen molar-refractivity contribution < 1.29 is 0 Å². The van der Waals surface area contributed by atoms with Gasteiger partial charge in [-0.2, -0.15) is 0 Å². The predicted octanol–water partition coefficient (Wildman–Crippen LogP) is 21.3. The molecule has 0 amide bonds. The lowest BCUT2D eigenvalue weighted by Gasteiger charge is -2.28. The highest BCUT2D eigenvalue weighted by Gasteiger charge is 2.32. The Hall–Kier alpha value is -10.9. The molecule has 5 aromatic heterocycles. The van der Waals surface area contributed by atoms with Crippen LogP contribution in [0.3, 0.4) is 0 Å². The van der Waals surface area contributed by atoms with Gasteiger partial charge in [-0.15, -0.1) is 0 Å². The van der Waals surface area contributed by atoms with Gasteiger partial charge in [-0.05, 0) is 143 Å². The normalized spacial score (nSPS) is 11.8. The van der Waals surface area contributed by atoms with Crippen molar-refractivity contribution in [3.63, 3.8) is 0 Å². The van der Waals surface area contributed by atoms with Crippen molar-refractivity contribution >= 4 is 65.4 Å². The molecule has 408 valence electrons. The Kier molecular flexibility index (Phi) is 11.9. The molecule has 0 aliphatic heterocycles. The van der Waals surface area contributed by atoms with Crippen LogP contribution in [0.2, 0.25) is 0 Å². The van der Waals surface area contributed by atoms with Crippen molar-refractivity contribution in [3.05, 3.63) is 295 Å². The van der Waals surface area contributed by atoms with Crippen molar-refractivity contribution in [2.45, 2.75) is 34.6 Å².